The SMILES string of the molecule is C=C1NC(=O)[C@@]23CCCC4=Cc5c(cnn5-c5ccc(F)cc5)C[C@@]42N13. The Kier molecular flexibility index (Phi) is 2.34. The zero-order valence-electron chi connectivity index (χ0n) is 14.1. The quantitative estimate of drug-likeness (QED) is 0.806. The molecule has 0 unspecified atom stereocenters. The Labute approximate surface area is 149 Å². The highest BCUT2D eigenvalue weighted by molar-refractivity contribution is 6.00. The monoisotopic (exact) mass is 348 g/mol. The van der Waals surface area contributed by atoms with E-state index in [0.29, 0.717) is 0 Å². The molecule has 3 heterocycles. The first-order chi connectivity index (χ1) is 12.6. The average molecular weight is 348 g/mol. The highest BCUT2D eigenvalue weighted by atomic mass is 19.1. The summed E-state index contributed by atoms with van der Waals surface area (Å²) in [5, 5.41) is 7.45. The smallest absolute Gasteiger partial charge is 0.254 e. The Hall–Kier alpha value is -2.89. The summed E-state index contributed by atoms with van der Waals surface area (Å²) < 4.78 is 15.1. The number of aromatic nitrogens is 2. The lowest BCUT2D eigenvalue weighted by atomic mass is 9.70. The first kappa shape index (κ1) is 14.3. The minimum atomic E-state index is -0.455. The van der Waals surface area contributed by atoms with Crippen molar-refractivity contribution in [2.24, 2.45) is 0 Å². The number of fused-ring (bicyclic) bond motifs is 1. The van der Waals surface area contributed by atoms with Crippen LogP contribution in [-0.2, 0) is 11.2 Å². The normalized spacial score (nSPS) is 30.8. The van der Waals surface area contributed by atoms with Crippen molar-refractivity contribution in [1.29, 1.82) is 0 Å². The molecule has 5 nitrogen and oxygen atoms in total. The van der Waals surface area contributed by atoms with Crippen molar-refractivity contribution in [2.75, 3.05) is 0 Å². The van der Waals surface area contributed by atoms with Crippen LogP contribution in [-0.4, -0.2) is 31.7 Å². The molecule has 1 aromatic heterocycles. The van der Waals surface area contributed by atoms with Crippen molar-refractivity contribution in [3.8, 4) is 5.69 Å². The van der Waals surface area contributed by atoms with Gasteiger partial charge in [-0.25, -0.2) is 9.07 Å². The number of carbonyl (C=O) groups is 1. The van der Waals surface area contributed by atoms with Crippen molar-refractivity contribution in [2.45, 2.75) is 36.8 Å². The highest BCUT2D eigenvalue weighted by Crippen LogP contribution is 2.69. The van der Waals surface area contributed by atoms with Crippen LogP contribution in [0.1, 0.15) is 30.5 Å². The second-order valence-electron chi connectivity index (χ2n) is 7.60. The topological polar surface area (TPSA) is 49.9 Å². The van der Waals surface area contributed by atoms with E-state index >= 15 is 0 Å². The molecule has 1 saturated carbocycles. The molecular weight excluding hydrogens is 331 g/mol. The van der Waals surface area contributed by atoms with Gasteiger partial charge in [-0.2, -0.15) is 5.10 Å². The number of nitrogens with one attached hydrogen (secondary N) is 1. The second kappa shape index (κ2) is 4.26. The molecule has 2 aliphatic carbocycles. The Bertz CT molecular complexity index is 1040. The van der Waals surface area contributed by atoms with Crippen LogP contribution in [0.15, 0.2) is 48.4 Å². The van der Waals surface area contributed by atoms with Crippen molar-refractivity contribution in [1.82, 2.24) is 20.0 Å². The Morgan fingerprint density at radius 1 is 1.23 bits per heavy atom. The van der Waals surface area contributed by atoms with Gasteiger partial charge < -0.3 is 10.2 Å². The Morgan fingerprint density at radius 3 is 2.85 bits per heavy atom. The van der Waals surface area contributed by atoms with E-state index in [9.17, 15) is 9.18 Å². The molecule has 2 aliphatic heterocycles. The summed E-state index contributed by atoms with van der Waals surface area (Å²) in [7, 11) is 0. The number of carbonyl (C=O) groups excluding carboxylic acids is 1. The van der Waals surface area contributed by atoms with Gasteiger partial charge in [-0.05, 0) is 55.2 Å². The molecular formula is C20H17FN4O. The fraction of sp³-hybridized carbons (Fsp3) is 0.300. The molecule has 2 spiro atoms. The summed E-state index contributed by atoms with van der Waals surface area (Å²) in [5.41, 5.74) is 3.57. The molecule has 4 aliphatic rings. The third-order valence-corrected chi connectivity index (χ3v) is 6.53. The molecule has 6 rings (SSSR count). The van der Waals surface area contributed by atoms with Gasteiger partial charge in [-0.15, -0.1) is 0 Å². The molecule has 1 N–H and O–H groups in total. The van der Waals surface area contributed by atoms with E-state index in [-0.39, 0.29) is 17.3 Å². The van der Waals surface area contributed by atoms with E-state index in [1.165, 1.54) is 17.7 Å². The molecule has 0 bridgehead atoms. The lowest BCUT2D eigenvalue weighted by Gasteiger charge is -2.32. The van der Waals surface area contributed by atoms with E-state index in [0.717, 1.165) is 48.4 Å². The third-order valence-electron chi connectivity index (χ3n) is 6.53. The van der Waals surface area contributed by atoms with Gasteiger partial charge in [0, 0.05) is 12.0 Å². The first-order valence-electron chi connectivity index (χ1n) is 8.92. The molecule has 1 aromatic carbocycles. The molecule has 130 valence electrons. The van der Waals surface area contributed by atoms with Crippen molar-refractivity contribution >= 4 is 12.0 Å². The molecule has 2 saturated heterocycles. The van der Waals surface area contributed by atoms with E-state index in [1.807, 2.05) is 10.9 Å². The fourth-order valence-corrected chi connectivity index (χ4v) is 5.52. The van der Waals surface area contributed by atoms with Gasteiger partial charge in [-0.1, -0.05) is 6.58 Å². The highest BCUT2D eigenvalue weighted by Gasteiger charge is 2.84. The molecule has 0 radical (unpaired) electrons. The summed E-state index contributed by atoms with van der Waals surface area (Å²) in [5.74, 6) is 0.545. The van der Waals surface area contributed by atoms with Crippen LogP contribution in [0.4, 0.5) is 4.39 Å². The summed E-state index contributed by atoms with van der Waals surface area (Å²) >= 11 is 0. The van der Waals surface area contributed by atoms with Crippen molar-refractivity contribution in [3.05, 3.63) is 65.5 Å². The van der Waals surface area contributed by atoms with Gasteiger partial charge in [0.1, 0.15) is 22.7 Å². The molecule has 2 aromatic rings. The Balaban J connectivity index is 1.50. The fourth-order valence-electron chi connectivity index (χ4n) is 5.52. The molecule has 26 heavy (non-hydrogen) atoms. The predicted molar refractivity (Wildman–Crippen MR) is 93.6 cm³/mol. The largest absolute Gasteiger partial charge is 0.329 e. The van der Waals surface area contributed by atoms with E-state index < -0.39 is 5.54 Å². The summed E-state index contributed by atoms with van der Waals surface area (Å²) in [6, 6.07) is 6.36. The van der Waals surface area contributed by atoms with E-state index in [1.54, 1.807) is 12.1 Å². The van der Waals surface area contributed by atoms with Crippen LogP contribution in [0.3, 0.4) is 0 Å². The standard InChI is InChI=1S/C20H17FN4O/c1-12-23-18(26)19-8-2-3-14-9-17-13(10-20(14,19)25(12)19)11-22-24(17)16-6-4-15(21)5-7-16/h4-7,9,11H,1-3,8,10H2,(H,23,26)/t19-,20+,25?/m0/s1. The lowest BCUT2D eigenvalue weighted by molar-refractivity contribution is -0.122. The minimum Gasteiger partial charge on any atom is -0.329 e. The second-order valence-corrected chi connectivity index (χ2v) is 7.60. The van der Waals surface area contributed by atoms with Gasteiger partial charge >= 0.3 is 0 Å². The number of rotatable bonds is 1. The van der Waals surface area contributed by atoms with Gasteiger partial charge in [0.05, 0.1) is 17.6 Å². The number of nitrogens with zero attached hydrogens (tertiary/aromatic N) is 3. The maximum Gasteiger partial charge on any atom is 0.254 e. The first-order valence-corrected chi connectivity index (χ1v) is 8.92. The van der Waals surface area contributed by atoms with Crippen LogP contribution in [0.25, 0.3) is 11.8 Å². The van der Waals surface area contributed by atoms with Gasteiger partial charge in [0.2, 0.25) is 0 Å². The van der Waals surface area contributed by atoms with Gasteiger partial charge in [0.25, 0.3) is 5.91 Å². The average Bonchev–Trinajstić information content (AvgIpc) is 2.89. The number of benzene rings is 1. The zero-order valence-corrected chi connectivity index (χ0v) is 14.1. The summed E-state index contributed by atoms with van der Waals surface area (Å²) in [4.78, 5) is 14.9. The maximum atomic E-state index is 13.3. The maximum absolute atomic E-state index is 13.3. The van der Waals surface area contributed by atoms with Crippen LogP contribution in [0.5, 0.6) is 0 Å². The van der Waals surface area contributed by atoms with Gasteiger partial charge in [-0.3, -0.25) is 4.79 Å². The molecule has 6 heteroatoms. The predicted octanol–water partition coefficient (Wildman–Crippen LogP) is 2.53. The van der Waals surface area contributed by atoms with Crippen LogP contribution in [0.2, 0.25) is 0 Å². The van der Waals surface area contributed by atoms with Crippen molar-refractivity contribution in [3.63, 3.8) is 0 Å². The number of hydrogen-bond acceptors (Lipinski definition) is 3. The van der Waals surface area contributed by atoms with Crippen LogP contribution < -0.4 is 5.32 Å². The number of amides is 1. The van der Waals surface area contributed by atoms with Crippen LogP contribution >= 0.6 is 0 Å². The molecule has 1 amide bonds. The Morgan fingerprint density at radius 2 is 2.04 bits per heavy atom. The number of hydrogen-bond donors (Lipinski definition) is 1. The van der Waals surface area contributed by atoms with E-state index in [2.05, 4.69) is 28.0 Å². The van der Waals surface area contributed by atoms with Crippen molar-refractivity contribution < 1.29 is 9.18 Å². The summed E-state index contributed by atoms with van der Waals surface area (Å²) in [6.45, 7) is 4.06. The lowest BCUT2D eigenvalue weighted by Crippen LogP contribution is -2.46. The van der Waals surface area contributed by atoms with E-state index in [4.69, 9.17) is 0 Å². The zero-order chi connectivity index (χ0) is 17.7. The minimum absolute atomic E-state index is 0.0856. The molecule has 2 atom stereocenters. The summed E-state index contributed by atoms with van der Waals surface area (Å²) in [6.07, 6.45) is 7.67. The van der Waals surface area contributed by atoms with Gasteiger partial charge in [0.15, 0.2) is 0 Å². The third kappa shape index (κ3) is 1.36. The molecule has 3 fully saturated rings. The van der Waals surface area contributed by atoms with Crippen LogP contribution in [0, 0.1) is 5.82 Å². The number of halogens is 1.